The van der Waals surface area contributed by atoms with Crippen molar-refractivity contribution in [2.45, 2.75) is 19.0 Å². The van der Waals surface area contributed by atoms with Crippen LogP contribution >= 0.6 is 0 Å². The summed E-state index contributed by atoms with van der Waals surface area (Å²) in [6.07, 6.45) is 2.81. The van der Waals surface area contributed by atoms with Crippen molar-refractivity contribution in [3.05, 3.63) is 42.1 Å². The first-order valence-electron chi connectivity index (χ1n) is 7.77. The van der Waals surface area contributed by atoms with E-state index in [2.05, 4.69) is 54.6 Å². The number of hydrogen-bond donors (Lipinski definition) is 3. The van der Waals surface area contributed by atoms with Gasteiger partial charge in [-0.25, -0.2) is 0 Å². The summed E-state index contributed by atoms with van der Waals surface area (Å²) in [5.41, 5.74) is 7.78. The van der Waals surface area contributed by atoms with Crippen LogP contribution in [0, 0.1) is 0 Å². The number of aromatic nitrogens is 4. The summed E-state index contributed by atoms with van der Waals surface area (Å²) in [5, 5.41) is 11.2. The molecule has 3 heterocycles. The third-order valence-corrected chi connectivity index (χ3v) is 4.19. The standard InChI is InChI=1S/C16H19N7/c17-16-20-14(13-8-18-22-15(13)21-16)19-12-6-7-23(10-12)9-11-4-2-1-3-5-11/h1-5,8,12H,6-7,9-10H2,(H4,17,18,19,20,21,22)/t12-/m0/s1. The Labute approximate surface area is 133 Å². The highest BCUT2D eigenvalue weighted by atomic mass is 15.2. The molecule has 1 aliphatic heterocycles. The molecule has 3 aromatic rings. The molecule has 7 heteroatoms. The van der Waals surface area contributed by atoms with Gasteiger partial charge >= 0.3 is 0 Å². The Kier molecular flexibility index (Phi) is 3.55. The molecule has 23 heavy (non-hydrogen) atoms. The quantitative estimate of drug-likeness (QED) is 0.678. The lowest BCUT2D eigenvalue weighted by atomic mass is 10.2. The molecule has 1 atom stereocenters. The highest BCUT2D eigenvalue weighted by Crippen LogP contribution is 2.22. The maximum Gasteiger partial charge on any atom is 0.224 e. The molecule has 4 N–H and O–H groups in total. The van der Waals surface area contributed by atoms with Crippen LogP contribution < -0.4 is 11.1 Å². The van der Waals surface area contributed by atoms with E-state index in [1.807, 2.05) is 6.07 Å². The Hall–Kier alpha value is -2.67. The van der Waals surface area contributed by atoms with Gasteiger partial charge in [0.15, 0.2) is 5.65 Å². The van der Waals surface area contributed by atoms with Gasteiger partial charge in [0.05, 0.1) is 11.6 Å². The molecule has 1 aliphatic rings. The number of nitrogens with zero attached hydrogens (tertiary/aromatic N) is 4. The first kappa shape index (κ1) is 14.0. The minimum atomic E-state index is 0.253. The molecule has 7 nitrogen and oxygen atoms in total. The number of hydrogen-bond acceptors (Lipinski definition) is 6. The first-order valence-corrected chi connectivity index (χ1v) is 7.77. The second-order valence-electron chi connectivity index (χ2n) is 5.91. The minimum Gasteiger partial charge on any atom is -0.368 e. The van der Waals surface area contributed by atoms with Crippen LogP contribution in [0.1, 0.15) is 12.0 Å². The molecule has 0 amide bonds. The summed E-state index contributed by atoms with van der Waals surface area (Å²) >= 11 is 0. The zero-order chi connectivity index (χ0) is 15.6. The van der Waals surface area contributed by atoms with E-state index < -0.39 is 0 Å². The molecule has 0 radical (unpaired) electrons. The molecule has 118 valence electrons. The highest BCUT2D eigenvalue weighted by Gasteiger charge is 2.23. The second-order valence-corrected chi connectivity index (χ2v) is 5.91. The molecule has 0 unspecified atom stereocenters. The number of nitrogens with one attached hydrogen (secondary N) is 2. The number of nitrogen functional groups attached to an aromatic ring is 1. The molecule has 1 fully saturated rings. The zero-order valence-electron chi connectivity index (χ0n) is 12.7. The van der Waals surface area contributed by atoms with E-state index in [1.54, 1.807) is 6.20 Å². The van der Waals surface area contributed by atoms with Gasteiger partial charge in [0.25, 0.3) is 0 Å². The molecule has 0 spiro atoms. The minimum absolute atomic E-state index is 0.253. The zero-order valence-corrected chi connectivity index (χ0v) is 12.7. The van der Waals surface area contributed by atoms with E-state index in [4.69, 9.17) is 5.73 Å². The van der Waals surface area contributed by atoms with Crippen LogP contribution in [0.4, 0.5) is 11.8 Å². The molecular weight excluding hydrogens is 290 g/mol. The Morgan fingerprint density at radius 2 is 2.13 bits per heavy atom. The van der Waals surface area contributed by atoms with E-state index in [-0.39, 0.29) is 5.95 Å². The fourth-order valence-electron chi connectivity index (χ4n) is 3.09. The maximum atomic E-state index is 5.77. The summed E-state index contributed by atoms with van der Waals surface area (Å²) < 4.78 is 0. The van der Waals surface area contributed by atoms with Crippen LogP contribution in [0.2, 0.25) is 0 Å². The van der Waals surface area contributed by atoms with Gasteiger partial charge in [-0.2, -0.15) is 15.1 Å². The number of rotatable bonds is 4. The van der Waals surface area contributed by atoms with Gasteiger partial charge in [-0.15, -0.1) is 0 Å². The number of H-pyrrole nitrogens is 1. The topological polar surface area (TPSA) is 95.7 Å². The largest absolute Gasteiger partial charge is 0.368 e. The Balaban J connectivity index is 1.45. The van der Waals surface area contributed by atoms with Crippen LogP contribution in [-0.4, -0.2) is 44.2 Å². The smallest absolute Gasteiger partial charge is 0.224 e. The molecule has 0 saturated carbocycles. The van der Waals surface area contributed by atoms with Crippen LogP contribution in [0.15, 0.2) is 36.5 Å². The van der Waals surface area contributed by atoms with Gasteiger partial charge < -0.3 is 11.1 Å². The fraction of sp³-hybridized carbons (Fsp3) is 0.312. The summed E-state index contributed by atoms with van der Waals surface area (Å²) in [7, 11) is 0. The molecule has 0 aliphatic carbocycles. The van der Waals surface area contributed by atoms with Gasteiger partial charge in [0.2, 0.25) is 5.95 Å². The number of benzene rings is 1. The second kappa shape index (κ2) is 5.85. The van der Waals surface area contributed by atoms with Gasteiger partial charge in [0, 0.05) is 25.7 Å². The Bertz CT molecular complexity index is 799. The normalized spacial score (nSPS) is 18.5. The highest BCUT2D eigenvalue weighted by molar-refractivity contribution is 5.86. The Morgan fingerprint density at radius 3 is 3.00 bits per heavy atom. The van der Waals surface area contributed by atoms with E-state index in [0.29, 0.717) is 11.7 Å². The van der Waals surface area contributed by atoms with Crippen molar-refractivity contribution < 1.29 is 0 Å². The number of likely N-dealkylation sites (tertiary alicyclic amines) is 1. The first-order chi connectivity index (χ1) is 11.3. The van der Waals surface area contributed by atoms with Crippen LogP contribution in [0.25, 0.3) is 11.0 Å². The number of anilines is 2. The van der Waals surface area contributed by atoms with Crippen molar-refractivity contribution in [2.75, 3.05) is 24.1 Å². The number of fused-ring (bicyclic) bond motifs is 1. The number of aromatic amines is 1. The van der Waals surface area contributed by atoms with Crippen molar-refractivity contribution in [3.8, 4) is 0 Å². The average Bonchev–Trinajstić information content (AvgIpc) is 3.17. The fourth-order valence-corrected chi connectivity index (χ4v) is 3.09. The molecule has 2 aromatic heterocycles. The predicted octanol–water partition coefficient (Wildman–Crippen LogP) is 1.62. The van der Waals surface area contributed by atoms with Crippen molar-refractivity contribution in [3.63, 3.8) is 0 Å². The molecule has 1 saturated heterocycles. The van der Waals surface area contributed by atoms with Gasteiger partial charge in [-0.05, 0) is 12.0 Å². The monoisotopic (exact) mass is 309 g/mol. The lowest BCUT2D eigenvalue weighted by molar-refractivity contribution is 0.328. The predicted molar refractivity (Wildman–Crippen MR) is 89.8 cm³/mol. The molecule has 1 aromatic carbocycles. The van der Waals surface area contributed by atoms with Gasteiger partial charge in [-0.3, -0.25) is 10.00 Å². The summed E-state index contributed by atoms with van der Waals surface area (Å²) in [6, 6.07) is 10.9. The van der Waals surface area contributed by atoms with Crippen LogP contribution in [0.3, 0.4) is 0 Å². The van der Waals surface area contributed by atoms with E-state index in [9.17, 15) is 0 Å². The van der Waals surface area contributed by atoms with Crippen molar-refractivity contribution in [2.24, 2.45) is 0 Å². The van der Waals surface area contributed by atoms with Crippen LogP contribution in [-0.2, 0) is 6.54 Å². The lowest BCUT2D eigenvalue weighted by Gasteiger charge is -2.17. The van der Waals surface area contributed by atoms with Crippen molar-refractivity contribution in [1.29, 1.82) is 0 Å². The summed E-state index contributed by atoms with van der Waals surface area (Å²) in [4.78, 5) is 10.9. The third-order valence-electron chi connectivity index (χ3n) is 4.19. The van der Waals surface area contributed by atoms with Crippen molar-refractivity contribution >= 4 is 22.8 Å². The number of nitrogens with two attached hydrogens (primary N) is 1. The van der Waals surface area contributed by atoms with Crippen LogP contribution in [0.5, 0.6) is 0 Å². The van der Waals surface area contributed by atoms with E-state index in [0.717, 1.165) is 37.3 Å². The summed E-state index contributed by atoms with van der Waals surface area (Å²) in [5.74, 6) is 1.01. The van der Waals surface area contributed by atoms with Gasteiger partial charge in [-0.1, -0.05) is 30.3 Å². The SMILES string of the molecule is Nc1nc(N[C@H]2CCN(Cc3ccccc3)C2)c2cn[nH]c2n1. The van der Waals surface area contributed by atoms with E-state index in [1.165, 1.54) is 5.56 Å². The molecule has 0 bridgehead atoms. The van der Waals surface area contributed by atoms with Crippen molar-refractivity contribution in [1.82, 2.24) is 25.1 Å². The third kappa shape index (κ3) is 2.95. The summed E-state index contributed by atoms with van der Waals surface area (Å²) in [6.45, 7) is 3.03. The lowest BCUT2D eigenvalue weighted by Crippen LogP contribution is -2.26. The average molecular weight is 309 g/mol. The maximum absolute atomic E-state index is 5.77. The molecule has 4 rings (SSSR count). The van der Waals surface area contributed by atoms with E-state index >= 15 is 0 Å². The Morgan fingerprint density at radius 1 is 1.26 bits per heavy atom. The molecular formula is C16H19N7. The van der Waals surface area contributed by atoms with Gasteiger partial charge in [0.1, 0.15) is 5.82 Å².